The molecule has 2 rings (SSSR count). The summed E-state index contributed by atoms with van der Waals surface area (Å²) in [7, 11) is 0. The van der Waals surface area contributed by atoms with E-state index in [4.69, 9.17) is 16.3 Å². The van der Waals surface area contributed by atoms with Crippen LogP contribution in [0.15, 0.2) is 40.9 Å². The van der Waals surface area contributed by atoms with Gasteiger partial charge in [0.1, 0.15) is 11.5 Å². The molecule has 0 radical (unpaired) electrons. The zero-order chi connectivity index (χ0) is 15.4. The van der Waals surface area contributed by atoms with E-state index in [1.54, 1.807) is 0 Å². The van der Waals surface area contributed by atoms with Crippen molar-refractivity contribution in [3.05, 3.63) is 57.0 Å². The highest BCUT2D eigenvalue weighted by molar-refractivity contribution is 9.10. The molecule has 0 spiro atoms. The summed E-state index contributed by atoms with van der Waals surface area (Å²) in [6.07, 6.45) is 0. The highest BCUT2D eigenvalue weighted by Gasteiger charge is 2.06. The molecule has 2 aromatic rings. The molecule has 0 saturated carbocycles. The number of hydrogen-bond donors (Lipinski definition) is 1. The number of benzene rings is 2. The van der Waals surface area contributed by atoms with Gasteiger partial charge in [0.15, 0.2) is 0 Å². The van der Waals surface area contributed by atoms with Gasteiger partial charge in [0.25, 0.3) is 0 Å². The van der Waals surface area contributed by atoms with E-state index in [-0.39, 0.29) is 0 Å². The number of nitrogens with one attached hydrogen (secondary N) is 1. The van der Waals surface area contributed by atoms with Crippen molar-refractivity contribution in [1.82, 2.24) is 5.32 Å². The summed E-state index contributed by atoms with van der Waals surface area (Å²) in [5.41, 5.74) is 2.26. The molecule has 112 valence electrons. The predicted molar refractivity (Wildman–Crippen MR) is 92.4 cm³/mol. The summed E-state index contributed by atoms with van der Waals surface area (Å²) in [5, 5.41) is 4.07. The smallest absolute Gasteiger partial charge is 0.131 e. The minimum atomic E-state index is 0.460. The standard InChI is InChI=1S/C17H19BrClNO/c1-11(2)20-10-13-5-7-15(9-16(13)18)21-17-8-14(19)6-4-12(17)3/h4-9,11,20H,10H2,1-3H3. The molecule has 2 aromatic carbocycles. The van der Waals surface area contributed by atoms with Gasteiger partial charge in [0, 0.05) is 22.1 Å². The number of hydrogen-bond acceptors (Lipinski definition) is 2. The Labute approximate surface area is 139 Å². The Morgan fingerprint density at radius 2 is 1.95 bits per heavy atom. The van der Waals surface area contributed by atoms with Gasteiger partial charge < -0.3 is 10.1 Å². The molecular formula is C17H19BrClNO. The maximum absolute atomic E-state index is 6.01. The molecule has 2 nitrogen and oxygen atoms in total. The Hall–Kier alpha value is -1.03. The monoisotopic (exact) mass is 367 g/mol. The van der Waals surface area contributed by atoms with Crippen molar-refractivity contribution in [3.63, 3.8) is 0 Å². The van der Waals surface area contributed by atoms with Crippen LogP contribution in [0.2, 0.25) is 5.02 Å². The van der Waals surface area contributed by atoms with E-state index in [2.05, 4.69) is 41.2 Å². The lowest BCUT2D eigenvalue weighted by atomic mass is 10.2. The fourth-order valence-electron chi connectivity index (χ4n) is 1.86. The second kappa shape index (κ2) is 7.30. The molecule has 4 heteroatoms. The lowest BCUT2D eigenvalue weighted by Gasteiger charge is -2.13. The zero-order valence-electron chi connectivity index (χ0n) is 12.4. The van der Waals surface area contributed by atoms with Gasteiger partial charge in [-0.15, -0.1) is 0 Å². The highest BCUT2D eigenvalue weighted by atomic mass is 79.9. The molecule has 0 amide bonds. The Morgan fingerprint density at radius 3 is 2.62 bits per heavy atom. The number of rotatable bonds is 5. The molecule has 0 fully saturated rings. The van der Waals surface area contributed by atoms with E-state index in [9.17, 15) is 0 Å². The third-order valence-electron chi connectivity index (χ3n) is 3.10. The lowest BCUT2D eigenvalue weighted by Crippen LogP contribution is -2.21. The summed E-state index contributed by atoms with van der Waals surface area (Å²) in [6.45, 7) is 7.09. The predicted octanol–water partition coefficient (Wildman–Crippen LogP) is 5.70. The van der Waals surface area contributed by atoms with E-state index in [1.807, 2.05) is 37.3 Å². The van der Waals surface area contributed by atoms with Gasteiger partial charge in [0.2, 0.25) is 0 Å². The van der Waals surface area contributed by atoms with E-state index in [0.717, 1.165) is 28.1 Å². The van der Waals surface area contributed by atoms with Crippen LogP contribution in [0, 0.1) is 6.92 Å². The molecule has 0 aliphatic heterocycles. The van der Waals surface area contributed by atoms with Crippen LogP contribution in [0.5, 0.6) is 11.5 Å². The van der Waals surface area contributed by atoms with E-state index in [1.165, 1.54) is 5.56 Å². The van der Waals surface area contributed by atoms with Crippen molar-refractivity contribution in [1.29, 1.82) is 0 Å². The number of aryl methyl sites for hydroxylation is 1. The molecule has 0 heterocycles. The molecule has 0 atom stereocenters. The molecule has 1 N–H and O–H groups in total. The third-order valence-corrected chi connectivity index (χ3v) is 4.08. The normalized spacial score (nSPS) is 11.0. The summed E-state index contributed by atoms with van der Waals surface area (Å²) in [6, 6.07) is 12.1. The van der Waals surface area contributed by atoms with Crippen LogP contribution in [-0.2, 0) is 6.54 Å². The number of halogens is 2. The minimum absolute atomic E-state index is 0.460. The molecule has 21 heavy (non-hydrogen) atoms. The minimum Gasteiger partial charge on any atom is -0.457 e. The Morgan fingerprint density at radius 1 is 1.19 bits per heavy atom. The second-order valence-electron chi connectivity index (χ2n) is 5.30. The van der Waals surface area contributed by atoms with Crippen molar-refractivity contribution in [2.75, 3.05) is 0 Å². The quantitative estimate of drug-likeness (QED) is 0.730. The van der Waals surface area contributed by atoms with Gasteiger partial charge >= 0.3 is 0 Å². The first-order valence-corrected chi connectivity index (χ1v) is 8.08. The summed E-state index contributed by atoms with van der Waals surface area (Å²) >= 11 is 9.61. The van der Waals surface area contributed by atoms with E-state index >= 15 is 0 Å². The van der Waals surface area contributed by atoms with Crippen molar-refractivity contribution >= 4 is 27.5 Å². The summed E-state index contributed by atoms with van der Waals surface area (Å²) in [5.74, 6) is 1.57. The SMILES string of the molecule is Cc1ccc(Cl)cc1Oc1ccc(CNC(C)C)c(Br)c1. The van der Waals surface area contributed by atoms with Gasteiger partial charge in [-0.05, 0) is 42.3 Å². The van der Waals surface area contributed by atoms with Crippen molar-refractivity contribution in [2.45, 2.75) is 33.4 Å². The average molecular weight is 369 g/mol. The van der Waals surface area contributed by atoms with Gasteiger partial charge in [-0.1, -0.05) is 53.5 Å². The van der Waals surface area contributed by atoms with Crippen LogP contribution >= 0.6 is 27.5 Å². The van der Waals surface area contributed by atoms with Crippen LogP contribution in [0.25, 0.3) is 0 Å². The van der Waals surface area contributed by atoms with E-state index < -0.39 is 0 Å². The largest absolute Gasteiger partial charge is 0.457 e. The van der Waals surface area contributed by atoms with Crippen LogP contribution in [0.1, 0.15) is 25.0 Å². The van der Waals surface area contributed by atoms with Crippen molar-refractivity contribution in [2.24, 2.45) is 0 Å². The van der Waals surface area contributed by atoms with Gasteiger partial charge in [-0.3, -0.25) is 0 Å². The van der Waals surface area contributed by atoms with Crippen molar-refractivity contribution in [3.8, 4) is 11.5 Å². The molecular weight excluding hydrogens is 350 g/mol. The Bertz CT molecular complexity index is 628. The fraction of sp³-hybridized carbons (Fsp3) is 0.294. The van der Waals surface area contributed by atoms with Gasteiger partial charge in [-0.2, -0.15) is 0 Å². The number of ether oxygens (including phenoxy) is 1. The highest BCUT2D eigenvalue weighted by Crippen LogP contribution is 2.30. The second-order valence-corrected chi connectivity index (χ2v) is 6.59. The first-order chi connectivity index (χ1) is 9.95. The first-order valence-electron chi connectivity index (χ1n) is 6.91. The molecule has 0 saturated heterocycles. The Balaban J connectivity index is 2.14. The van der Waals surface area contributed by atoms with Gasteiger partial charge in [0.05, 0.1) is 0 Å². The molecule has 0 aliphatic rings. The van der Waals surface area contributed by atoms with Crippen LogP contribution in [-0.4, -0.2) is 6.04 Å². The van der Waals surface area contributed by atoms with Crippen LogP contribution in [0.3, 0.4) is 0 Å². The zero-order valence-corrected chi connectivity index (χ0v) is 14.8. The molecule has 0 unspecified atom stereocenters. The fourth-order valence-corrected chi connectivity index (χ4v) is 2.52. The molecule has 0 aromatic heterocycles. The average Bonchev–Trinajstić information content (AvgIpc) is 2.42. The summed E-state index contributed by atoms with van der Waals surface area (Å²) < 4.78 is 6.95. The topological polar surface area (TPSA) is 21.3 Å². The van der Waals surface area contributed by atoms with Crippen LogP contribution < -0.4 is 10.1 Å². The molecule has 0 aliphatic carbocycles. The Kier molecular flexibility index (Phi) is 5.68. The van der Waals surface area contributed by atoms with Crippen molar-refractivity contribution < 1.29 is 4.74 Å². The maximum atomic E-state index is 6.01. The van der Waals surface area contributed by atoms with Gasteiger partial charge in [-0.25, -0.2) is 0 Å². The van der Waals surface area contributed by atoms with E-state index in [0.29, 0.717) is 11.1 Å². The first kappa shape index (κ1) is 16.3. The molecule has 0 bridgehead atoms. The van der Waals surface area contributed by atoms with Crippen LogP contribution in [0.4, 0.5) is 0 Å². The summed E-state index contributed by atoms with van der Waals surface area (Å²) in [4.78, 5) is 0. The third kappa shape index (κ3) is 4.73. The maximum Gasteiger partial charge on any atom is 0.131 e. The lowest BCUT2D eigenvalue weighted by molar-refractivity contribution is 0.478.